The van der Waals surface area contributed by atoms with Gasteiger partial charge in [-0.2, -0.15) is 0 Å². The minimum absolute atomic E-state index is 0.356. The predicted octanol–water partition coefficient (Wildman–Crippen LogP) is 3.42. The zero-order valence-corrected chi connectivity index (χ0v) is 9.71. The van der Waals surface area contributed by atoms with Crippen LogP contribution in [0.1, 0.15) is 27.7 Å². The first-order valence-corrected chi connectivity index (χ1v) is 6.23. The molecule has 13 heavy (non-hydrogen) atoms. The van der Waals surface area contributed by atoms with E-state index in [4.69, 9.17) is 9.05 Å². The van der Waals surface area contributed by atoms with E-state index < -0.39 is 7.60 Å². The Morgan fingerprint density at radius 2 is 1.69 bits per heavy atom. The molecule has 0 atom stereocenters. The summed E-state index contributed by atoms with van der Waals surface area (Å²) in [5.74, 6) is 1.90. The maximum atomic E-state index is 11.8. The van der Waals surface area contributed by atoms with Crippen molar-refractivity contribution in [2.45, 2.75) is 27.7 Å². The van der Waals surface area contributed by atoms with Crippen molar-refractivity contribution in [2.75, 3.05) is 13.2 Å². The molecule has 0 saturated carbocycles. The summed E-state index contributed by atoms with van der Waals surface area (Å²) < 4.78 is 21.9. The second kappa shape index (κ2) is 6.36. The first kappa shape index (κ1) is 12.9. The van der Waals surface area contributed by atoms with E-state index in [1.54, 1.807) is 19.7 Å². The van der Waals surface area contributed by atoms with Crippen LogP contribution in [0.2, 0.25) is 0 Å². The lowest BCUT2D eigenvalue weighted by molar-refractivity contribution is 0.228. The second-order valence-electron chi connectivity index (χ2n) is 2.96. The van der Waals surface area contributed by atoms with Gasteiger partial charge in [0.05, 0.1) is 13.2 Å². The average molecular weight is 206 g/mol. The zero-order valence-electron chi connectivity index (χ0n) is 8.82. The van der Waals surface area contributed by atoms with E-state index in [1.807, 2.05) is 19.9 Å². The monoisotopic (exact) mass is 206 g/mol. The fourth-order valence-corrected chi connectivity index (χ4v) is 2.28. The highest BCUT2D eigenvalue weighted by Gasteiger charge is 2.18. The molecule has 0 aliphatic heterocycles. The average Bonchev–Trinajstić information content (AvgIpc) is 2.02. The lowest BCUT2D eigenvalue weighted by atomic mass is 10.2. The molecule has 0 aliphatic rings. The molecule has 0 saturated heterocycles. The molecule has 0 aromatic heterocycles. The zero-order chi connectivity index (χ0) is 10.3. The lowest BCUT2D eigenvalue weighted by Gasteiger charge is -2.12. The van der Waals surface area contributed by atoms with Gasteiger partial charge in [0.15, 0.2) is 0 Å². The Kier molecular flexibility index (Phi) is 6.31. The van der Waals surface area contributed by atoms with Gasteiger partial charge in [0.2, 0.25) is 0 Å². The molecule has 4 heteroatoms. The van der Waals surface area contributed by atoms with E-state index >= 15 is 0 Å². The Bertz CT molecular complexity index is 189. The van der Waals surface area contributed by atoms with Crippen molar-refractivity contribution in [3.63, 3.8) is 0 Å². The first-order valence-electron chi connectivity index (χ1n) is 4.62. The van der Waals surface area contributed by atoms with Crippen molar-refractivity contribution in [2.24, 2.45) is 5.92 Å². The van der Waals surface area contributed by atoms with Crippen LogP contribution in [0.15, 0.2) is 11.9 Å². The van der Waals surface area contributed by atoms with Crippen molar-refractivity contribution in [3.05, 3.63) is 11.9 Å². The van der Waals surface area contributed by atoms with Gasteiger partial charge in [-0.3, -0.25) is 4.57 Å². The van der Waals surface area contributed by atoms with Gasteiger partial charge < -0.3 is 9.05 Å². The summed E-state index contributed by atoms with van der Waals surface area (Å²) in [7, 11) is -2.95. The van der Waals surface area contributed by atoms with Crippen molar-refractivity contribution in [1.29, 1.82) is 0 Å². The highest BCUT2D eigenvalue weighted by molar-refractivity contribution is 7.57. The SMILES string of the molecule is CCOP(=O)(/C=C/C(C)C)OCC. The topological polar surface area (TPSA) is 35.5 Å². The van der Waals surface area contributed by atoms with Crippen LogP contribution in [0.4, 0.5) is 0 Å². The predicted molar refractivity (Wildman–Crippen MR) is 54.8 cm³/mol. The molecular weight excluding hydrogens is 187 g/mol. The van der Waals surface area contributed by atoms with Crippen LogP contribution in [0.3, 0.4) is 0 Å². The van der Waals surface area contributed by atoms with Crippen LogP contribution >= 0.6 is 7.60 Å². The van der Waals surface area contributed by atoms with Crippen LogP contribution in [-0.2, 0) is 13.6 Å². The van der Waals surface area contributed by atoms with Crippen molar-refractivity contribution >= 4 is 7.60 Å². The van der Waals surface area contributed by atoms with E-state index in [1.165, 1.54) is 0 Å². The van der Waals surface area contributed by atoms with E-state index in [9.17, 15) is 4.57 Å². The van der Waals surface area contributed by atoms with Gasteiger partial charge in [-0.1, -0.05) is 19.9 Å². The molecule has 0 amide bonds. The summed E-state index contributed by atoms with van der Waals surface area (Å²) in [5, 5.41) is 0. The highest BCUT2D eigenvalue weighted by atomic mass is 31.2. The van der Waals surface area contributed by atoms with E-state index in [0.29, 0.717) is 19.1 Å². The van der Waals surface area contributed by atoms with Crippen LogP contribution in [0.25, 0.3) is 0 Å². The van der Waals surface area contributed by atoms with Crippen molar-refractivity contribution < 1.29 is 13.6 Å². The standard InChI is InChI=1S/C9H19O3P/c1-5-11-13(10,12-6-2)8-7-9(3)4/h7-9H,5-6H2,1-4H3/b8-7+. The van der Waals surface area contributed by atoms with E-state index in [2.05, 4.69) is 0 Å². The molecular formula is C9H19O3P. The summed E-state index contributed by atoms with van der Waals surface area (Å²) in [4.78, 5) is 0. The summed E-state index contributed by atoms with van der Waals surface area (Å²) in [6.45, 7) is 8.43. The molecule has 0 fully saturated rings. The quantitative estimate of drug-likeness (QED) is 0.624. The van der Waals surface area contributed by atoms with Crippen LogP contribution < -0.4 is 0 Å². The molecule has 0 aromatic carbocycles. The van der Waals surface area contributed by atoms with Gasteiger partial charge in [0.1, 0.15) is 0 Å². The fourth-order valence-electron chi connectivity index (χ4n) is 0.761. The normalized spacial score (nSPS) is 13.0. The number of allylic oxidation sites excluding steroid dienone is 1. The van der Waals surface area contributed by atoms with Gasteiger partial charge in [0, 0.05) is 5.82 Å². The smallest absolute Gasteiger partial charge is 0.306 e. The van der Waals surface area contributed by atoms with Crippen molar-refractivity contribution in [3.8, 4) is 0 Å². The Labute approximate surface area is 80.7 Å². The molecule has 3 nitrogen and oxygen atoms in total. The van der Waals surface area contributed by atoms with Crippen LogP contribution in [0.5, 0.6) is 0 Å². The number of rotatable bonds is 6. The number of hydrogen-bond donors (Lipinski definition) is 0. The second-order valence-corrected chi connectivity index (χ2v) is 4.86. The van der Waals surface area contributed by atoms with Gasteiger partial charge >= 0.3 is 7.60 Å². The molecule has 0 heterocycles. The Morgan fingerprint density at radius 1 is 1.23 bits per heavy atom. The largest absolute Gasteiger partial charge is 0.353 e. The molecule has 0 rings (SSSR count). The minimum atomic E-state index is -2.95. The maximum absolute atomic E-state index is 11.8. The summed E-state index contributed by atoms with van der Waals surface area (Å²) >= 11 is 0. The lowest BCUT2D eigenvalue weighted by Crippen LogP contribution is -1.93. The first-order chi connectivity index (χ1) is 6.04. The Hall–Kier alpha value is -0.110. The number of hydrogen-bond acceptors (Lipinski definition) is 3. The molecule has 0 spiro atoms. The third kappa shape index (κ3) is 6.03. The third-order valence-electron chi connectivity index (χ3n) is 1.27. The Balaban J connectivity index is 4.31. The summed E-state index contributed by atoms with van der Waals surface area (Å²) in [6, 6.07) is 0. The molecule has 78 valence electrons. The fraction of sp³-hybridized carbons (Fsp3) is 0.778. The van der Waals surface area contributed by atoms with Gasteiger partial charge in [-0.15, -0.1) is 0 Å². The molecule has 0 radical (unpaired) electrons. The van der Waals surface area contributed by atoms with Gasteiger partial charge in [-0.05, 0) is 19.8 Å². The minimum Gasteiger partial charge on any atom is -0.306 e. The molecule has 0 bridgehead atoms. The molecule has 0 unspecified atom stereocenters. The summed E-state index contributed by atoms with van der Waals surface area (Å²) in [5.41, 5.74) is 0. The van der Waals surface area contributed by atoms with Crippen LogP contribution in [-0.4, -0.2) is 13.2 Å². The highest BCUT2D eigenvalue weighted by Crippen LogP contribution is 2.49. The molecule has 0 aromatic rings. The van der Waals surface area contributed by atoms with E-state index in [0.717, 1.165) is 0 Å². The summed E-state index contributed by atoms with van der Waals surface area (Å²) in [6.07, 6.45) is 1.84. The van der Waals surface area contributed by atoms with E-state index in [-0.39, 0.29) is 0 Å². The van der Waals surface area contributed by atoms with Gasteiger partial charge in [-0.25, -0.2) is 0 Å². The third-order valence-corrected chi connectivity index (χ3v) is 3.05. The molecule has 0 N–H and O–H groups in total. The van der Waals surface area contributed by atoms with Crippen molar-refractivity contribution in [1.82, 2.24) is 0 Å². The molecule has 0 aliphatic carbocycles. The Morgan fingerprint density at radius 3 is 2.00 bits per heavy atom. The van der Waals surface area contributed by atoms with Crippen LogP contribution in [0, 0.1) is 5.92 Å². The van der Waals surface area contributed by atoms with Gasteiger partial charge in [0.25, 0.3) is 0 Å². The maximum Gasteiger partial charge on any atom is 0.353 e.